The fourth-order valence-electron chi connectivity index (χ4n) is 5.11. The summed E-state index contributed by atoms with van der Waals surface area (Å²) >= 11 is -0.640. The summed E-state index contributed by atoms with van der Waals surface area (Å²) in [5.74, 6) is 1.34. The van der Waals surface area contributed by atoms with E-state index < -0.39 is 23.2 Å². The van der Waals surface area contributed by atoms with Gasteiger partial charge in [0.05, 0.1) is 0 Å². The molecule has 0 radical (unpaired) electrons. The molecule has 0 spiro atoms. The number of hydrogen-bond donors (Lipinski definition) is 0. The number of rotatable bonds is 3. The first-order valence-corrected chi connectivity index (χ1v) is 13.6. The van der Waals surface area contributed by atoms with E-state index in [1.54, 1.807) is 27.9 Å². The molecule has 0 aromatic heterocycles. The first-order chi connectivity index (χ1) is 14.5. The molecule has 3 heteroatoms. The van der Waals surface area contributed by atoms with E-state index >= 15 is 0 Å². The molecule has 0 fully saturated rings. The van der Waals surface area contributed by atoms with Crippen molar-refractivity contribution in [2.24, 2.45) is 5.92 Å². The molecule has 3 aliphatic rings. The summed E-state index contributed by atoms with van der Waals surface area (Å²) in [7, 11) is 1.50. The van der Waals surface area contributed by atoms with Crippen molar-refractivity contribution in [3.63, 3.8) is 0 Å². The molecule has 3 unspecified atom stereocenters. The van der Waals surface area contributed by atoms with Crippen LogP contribution < -0.4 is 10.2 Å². The number of hydrogen-bond acceptors (Lipinski definition) is 2. The van der Waals surface area contributed by atoms with Gasteiger partial charge in [-0.1, -0.05) is 0 Å². The molecule has 1 aromatic carbocycles. The van der Waals surface area contributed by atoms with Gasteiger partial charge in [0.25, 0.3) is 0 Å². The molecule has 3 atom stereocenters. The Labute approximate surface area is 195 Å². The fraction of sp³-hybridized carbons (Fsp3) is 0.481. The zero-order chi connectivity index (χ0) is 22.4. The predicted octanol–water partition coefficient (Wildman–Crippen LogP) is 5.29. The Morgan fingerprint density at radius 1 is 0.900 bits per heavy atom. The molecule has 1 aromatic rings. The van der Waals surface area contributed by atoms with Crippen LogP contribution in [-0.2, 0) is 23.2 Å². The van der Waals surface area contributed by atoms with Crippen LogP contribution in [0, 0.1) is 5.92 Å². The smallest absolute Gasteiger partial charge is 0.153 e. The molecule has 4 rings (SSSR count). The van der Waals surface area contributed by atoms with Gasteiger partial charge in [0.1, 0.15) is 0 Å². The van der Waals surface area contributed by atoms with Gasteiger partial charge in [0, 0.05) is 0 Å². The van der Waals surface area contributed by atoms with Crippen molar-refractivity contribution in [1.29, 1.82) is 0 Å². The SMILES string of the molecule is CC1=CC2=C(CCCC2c2ccccc2)[CH]1[Zr+2][C]1=C(C)C(C)=C(C)C1C.C[O-].C[O-]. The average Bonchev–Trinajstić information content (AvgIpc) is 3.21. The maximum absolute atomic E-state index is 8.25. The van der Waals surface area contributed by atoms with E-state index in [4.69, 9.17) is 10.2 Å². The quantitative estimate of drug-likeness (QED) is 0.586. The molecule has 0 N–H and O–H groups in total. The van der Waals surface area contributed by atoms with E-state index in [1.807, 2.05) is 8.85 Å². The van der Waals surface area contributed by atoms with Gasteiger partial charge in [-0.15, -0.1) is 0 Å². The van der Waals surface area contributed by atoms with Crippen LogP contribution in [0.15, 0.2) is 73.1 Å². The van der Waals surface area contributed by atoms with Crippen molar-refractivity contribution in [3.05, 3.63) is 78.7 Å². The monoisotopic (exact) mass is 482 g/mol. The normalized spacial score (nSPS) is 25.1. The predicted molar refractivity (Wildman–Crippen MR) is 120 cm³/mol. The van der Waals surface area contributed by atoms with E-state index in [0.717, 1.165) is 17.8 Å². The van der Waals surface area contributed by atoms with Crippen molar-refractivity contribution in [3.8, 4) is 0 Å². The summed E-state index contributed by atoms with van der Waals surface area (Å²) in [4.78, 5) is 0. The summed E-state index contributed by atoms with van der Waals surface area (Å²) in [6, 6.07) is 11.2. The van der Waals surface area contributed by atoms with Crippen molar-refractivity contribution in [2.75, 3.05) is 14.2 Å². The van der Waals surface area contributed by atoms with Gasteiger partial charge in [0.2, 0.25) is 0 Å². The van der Waals surface area contributed by atoms with Crippen LogP contribution in [0.25, 0.3) is 0 Å². The molecule has 0 aliphatic heterocycles. The molecule has 3 aliphatic carbocycles. The molecule has 0 saturated heterocycles. The third kappa shape index (κ3) is 4.90. The van der Waals surface area contributed by atoms with Crippen LogP contribution in [-0.4, -0.2) is 14.2 Å². The van der Waals surface area contributed by atoms with Crippen LogP contribution in [0.5, 0.6) is 0 Å². The molecule has 0 amide bonds. The standard InChI is InChI=1S/C16H17.C9H13.2CH3O.Zr/c1-12-10-14-8-5-9-15(16(14)11-12)13-6-3-2-4-7-13;1-6-5-7(2)9(4)8(6)3;2*1-2;/h2-4,6-7,10-11,15H,5,8-9H2,1H3;6H,1-4H3;2*1H3;/q;;2*-1;+2. The van der Waals surface area contributed by atoms with Gasteiger partial charge < -0.3 is 10.2 Å². The Bertz CT molecular complexity index is 858. The molecule has 0 heterocycles. The van der Waals surface area contributed by atoms with E-state index in [0.29, 0.717) is 11.8 Å². The second kappa shape index (κ2) is 11.6. The van der Waals surface area contributed by atoms with Crippen molar-refractivity contribution >= 4 is 0 Å². The molecule has 30 heavy (non-hydrogen) atoms. The third-order valence-corrected chi connectivity index (χ3v) is 12.5. The maximum atomic E-state index is 8.25. The van der Waals surface area contributed by atoms with Crippen molar-refractivity contribution in [2.45, 2.75) is 63.4 Å². The van der Waals surface area contributed by atoms with Crippen LogP contribution in [0.2, 0.25) is 3.63 Å². The minimum Gasteiger partial charge on any atom is -0.857 e. The van der Waals surface area contributed by atoms with Gasteiger partial charge in [0.15, 0.2) is 0 Å². The fourth-order valence-corrected chi connectivity index (χ4v) is 9.97. The zero-order valence-electron chi connectivity index (χ0n) is 19.6. The van der Waals surface area contributed by atoms with Crippen molar-refractivity contribution in [1.82, 2.24) is 0 Å². The van der Waals surface area contributed by atoms with Crippen molar-refractivity contribution < 1.29 is 33.4 Å². The Kier molecular flexibility index (Phi) is 9.73. The van der Waals surface area contributed by atoms with E-state index in [1.165, 1.54) is 24.8 Å². The van der Waals surface area contributed by atoms with Gasteiger partial charge in [-0.25, -0.2) is 0 Å². The van der Waals surface area contributed by atoms with E-state index in [-0.39, 0.29) is 0 Å². The van der Waals surface area contributed by atoms with E-state index in [9.17, 15) is 0 Å². The summed E-state index contributed by atoms with van der Waals surface area (Å²) in [6.07, 6.45) is 6.60. The van der Waals surface area contributed by atoms with Crippen LogP contribution >= 0.6 is 0 Å². The number of benzene rings is 1. The van der Waals surface area contributed by atoms with Crippen LogP contribution in [0.1, 0.15) is 65.4 Å². The second-order valence-electron chi connectivity index (χ2n) is 8.37. The third-order valence-electron chi connectivity index (χ3n) is 7.01. The van der Waals surface area contributed by atoms with E-state index in [2.05, 4.69) is 71.0 Å². The molecular weight excluding hydrogens is 448 g/mol. The van der Waals surface area contributed by atoms with Gasteiger partial charge in [-0.3, -0.25) is 0 Å². The number of allylic oxidation sites excluding steroid dienone is 8. The molecule has 2 nitrogen and oxygen atoms in total. The Balaban J connectivity index is 0.000000757. The average molecular weight is 484 g/mol. The molecular formula is C27H36O2Zr. The zero-order valence-corrected chi connectivity index (χ0v) is 22.1. The first-order valence-electron chi connectivity index (χ1n) is 10.9. The Hall–Kier alpha value is -1.02. The summed E-state index contributed by atoms with van der Waals surface area (Å²) in [5, 5.41) is 16.5. The summed E-state index contributed by atoms with van der Waals surface area (Å²) < 4.78 is 2.67. The van der Waals surface area contributed by atoms with Crippen LogP contribution in [0.4, 0.5) is 0 Å². The Morgan fingerprint density at radius 2 is 1.53 bits per heavy atom. The summed E-state index contributed by atoms with van der Waals surface area (Å²) in [6.45, 7) is 11.9. The Morgan fingerprint density at radius 3 is 2.10 bits per heavy atom. The minimum atomic E-state index is -0.640. The van der Waals surface area contributed by atoms with Gasteiger partial charge >= 0.3 is 171 Å². The molecule has 0 saturated carbocycles. The maximum Gasteiger partial charge on any atom is -0.153 e. The minimum absolute atomic E-state index is 0.636. The summed E-state index contributed by atoms with van der Waals surface area (Å²) in [5.41, 5.74) is 11.5. The molecule has 0 bridgehead atoms. The molecule has 160 valence electrons. The van der Waals surface area contributed by atoms with Gasteiger partial charge in [-0.05, 0) is 0 Å². The largest absolute Gasteiger partial charge is 0.857 e. The topological polar surface area (TPSA) is 46.1 Å². The van der Waals surface area contributed by atoms with Gasteiger partial charge in [-0.2, -0.15) is 14.2 Å². The second-order valence-corrected chi connectivity index (χ2v) is 11.8. The van der Waals surface area contributed by atoms with Crippen LogP contribution in [0.3, 0.4) is 0 Å². The first kappa shape index (κ1) is 25.2.